The molecule has 0 atom stereocenters. The first kappa shape index (κ1) is 25.6. The fourth-order valence-corrected chi connectivity index (χ4v) is 4.71. The largest absolute Gasteiger partial charge is 0.342 e. The lowest BCUT2D eigenvalue weighted by molar-refractivity contribution is 0.250. The van der Waals surface area contributed by atoms with E-state index in [2.05, 4.69) is 43.9 Å². The maximum Gasteiger partial charge on any atom is 0.329 e. The van der Waals surface area contributed by atoms with Gasteiger partial charge in [0.1, 0.15) is 5.82 Å². The molecule has 0 saturated carbocycles. The van der Waals surface area contributed by atoms with Gasteiger partial charge in [-0.3, -0.25) is 19.2 Å². The number of aromatic amines is 1. The maximum atomic E-state index is 12.6. The molecule has 1 aliphatic rings. The summed E-state index contributed by atoms with van der Waals surface area (Å²) in [6.45, 7) is 13.3. The van der Waals surface area contributed by atoms with Gasteiger partial charge < -0.3 is 10.2 Å². The first-order valence-corrected chi connectivity index (χ1v) is 12.8. The van der Waals surface area contributed by atoms with E-state index in [0.717, 1.165) is 75.0 Å². The minimum Gasteiger partial charge on any atom is -0.342 e. The highest BCUT2D eigenvalue weighted by molar-refractivity contribution is 5.57. The molecule has 1 aliphatic heterocycles. The number of unbranched alkanes of at least 4 members (excludes halogenated alkanes) is 1. The van der Waals surface area contributed by atoms with E-state index in [0.29, 0.717) is 12.4 Å². The van der Waals surface area contributed by atoms with Gasteiger partial charge >= 0.3 is 5.69 Å². The summed E-state index contributed by atoms with van der Waals surface area (Å²) in [5.41, 5.74) is 4.64. The average Bonchev–Trinajstić information content (AvgIpc) is 2.84. The highest BCUT2D eigenvalue weighted by Crippen LogP contribution is 2.18. The number of aromatic nitrogens is 4. The summed E-state index contributed by atoms with van der Waals surface area (Å²) in [6, 6.07) is 9.49. The summed E-state index contributed by atoms with van der Waals surface area (Å²) < 4.78 is 1.28. The Labute approximate surface area is 212 Å². The maximum absolute atomic E-state index is 12.6. The molecule has 9 heteroatoms. The Morgan fingerprint density at radius 2 is 1.61 bits per heavy atom. The number of hydrogen-bond acceptors (Lipinski definition) is 7. The molecule has 0 radical (unpaired) electrons. The van der Waals surface area contributed by atoms with Crippen LogP contribution in [-0.4, -0.2) is 57.1 Å². The van der Waals surface area contributed by atoms with E-state index < -0.39 is 0 Å². The van der Waals surface area contributed by atoms with Crippen molar-refractivity contribution in [2.24, 2.45) is 0 Å². The third-order valence-electron chi connectivity index (χ3n) is 6.76. The molecule has 1 aromatic carbocycles. The smallest absolute Gasteiger partial charge is 0.329 e. The molecule has 0 unspecified atom stereocenters. The minimum atomic E-state index is -0.380. The van der Waals surface area contributed by atoms with Crippen LogP contribution in [0.2, 0.25) is 0 Å². The number of aryl methyl sites for hydroxylation is 4. The number of anilines is 3. The second-order valence-corrected chi connectivity index (χ2v) is 9.58. The number of rotatable bonds is 9. The van der Waals surface area contributed by atoms with E-state index in [1.807, 2.05) is 38.1 Å². The minimum absolute atomic E-state index is 0.286. The first-order valence-electron chi connectivity index (χ1n) is 12.8. The molecule has 9 nitrogen and oxygen atoms in total. The first-order chi connectivity index (χ1) is 17.3. The summed E-state index contributed by atoms with van der Waals surface area (Å²) >= 11 is 0. The molecule has 192 valence electrons. The zero-order chi connectivity index (χ0) is 25.7. The molecule has 1 saturated heterocycles. The van der Waals surface area contributed by atoms with Crippen LogP contribution in [0.1, 0.15) is 42.3 Å². The van der Waals surface area contributed by atoms with Crippen molar-refractivity contribution in [1.29, 1.82) is 0 Å². The van der Waals surface area contributed by atoms with Crippen molar-refractivity contribution in [2.45, 2.75) is 53.5 Å². The molecule has 3 heterocycles. The zero-order valence-electron chi connectivity index (χ0n) is 21.8. The van der Waals surface area contributed by atoms with Crippen molar-refractivity contribution < 1.29 is 0 Å². The number of hydrogen-bond donors (Lipinski definition) is 2. The molecule has 1 fully saturated rings. The molecular formula is C27H37N7O2. The van der Waals surface area contributed by atoms with Gasteiger partial charge in [0, 0.05) is 55.9 Å². The lowest BCUT2D eigenvalue weighted by Crippen LogP contribution is -2.47. The summed E-state index contributed by atoms with van der Waals surface area (Å²) in [5, 5.41) is 3.16. The predicted molar refractivity (Wildman–Crippen MR) is 145 cm³/mol. The van der Waals surface area contributed by atoms with E-state index in [1.54, 1.807) is 0 Å². The summed E-state index contributed by atoms with van der Waals surface area (Å²) in [6.07, 6.45) is 2.62. The van der Waals surface area contributed by atoms with Gasteiger partial charge in [-0.15, -0.1) is 0 Å². The van der Waals surface area contributed by atoms with E-state index in [4.69, 9.17) is 0 Å². The second kappa shape index (κ2) is 11.5. The van der Waals surface area contributed by atoms with Crippen LogP contribution in [0.4, 0.5) is 17.5 Å². The number of piperazine rings is 1. The van der Waals surface area contributed by atoms with Gasteiger partial charge in [0.25, 0.3) is 5.56 Å². The van der Waals surface area contributed by atoms with Crippen LogP contribution in [0.15, 0.2) is 39.9 Å². The molecule has 2 N–H and O–H groups in total. The van der Waals surface area contributed by atoms with Gasteiger partial charge in [0.05, 0.1) is 0 Å². The van der Waals surface area contributed by atoms with Gasteiger partial charge in [-0.2, -0.15) is 0 Å². The molecule has 4 rings (SSSR count). The van der Waals surface area contributed by atoms with Crippen LogP contribution >= 0.6 is 0 Å². The number of H-pyrrole nitrogens is 1. The monoisotopic (exact) mass is 491 g/mol. The van der Waals surface area contributed by atoms with E-state index in [9.17, 15) is 9.59 Å². The standard InChI is InChI=1S/C27H37N7O2/c1-5-22-17-23(9-8-19(22)2)30-24-18-25(35)34(27(36)31-24)11-7-6-10-32-12-14-33(15-13-32)26-28-20(3)16-21(4)29-26/h8-9,16-18,30H,5-7,10-15H2,1-4H3,(H,31,36). The van der Waals surface area contributed by atoms with Crippen LogP contribution in [0.25, 0.3) is 0 Å². The van der Waals surface area contributed by atoms with E-state index in [1.165, 1.54) is 21.8 Å². The SMILES string of the molecule is CCc1cc(Nc2cc(=O)n(CCCCN3CCN(c4nc(C)cc(C)n4)CC3)c(=O)[nH]2)ccc1C. The average molecular weight is 492 g/mol. The Kier molecular flexibility index (Phi) is 8.20. The normalized spacial score (nSPS) is 14.3. The lowest BCUT2D eigenvalue weighted by atomic mass is 10.1. The van der Waals surface area contributed by atoms with Crippen molar-refractivity contribution in [2.75, 3.05) is 42.9 Å². The van der Waals surface area contributed by atoms with Crippen LogP contribution in [0, 0.1) is 20.8 Å². The molecule has 36 heavy (non-hydrogen) atoms. The van der Waals surface area contributed by atoms with Gasteiger partial charge in [-0.05, 0) is 75.9 Å². The fourth-order valence-electron chi connectivity index (χ4n) is 4.71. The quantitative estimate of drug-likeness (QED) is 0.444. The van der Waals surface area contributed by atoms with Crippen LogP contribution in [0.5, 0.6) is 0 Å². The fraction of sp³-hybridized carbons (Fsp3) is 0.481. The van der Waals surface area contributed by atoms with E-state index >= 15 is 0 Å². The molecule has 0 amide bonds. The number of nitrogens with zero attached hydrogens (tertiary/aromatic N) is 5. The van der Waals surface area contributed by atoms with Crippen LogP contribution < -0.4 is 21.5 Å². The number of nitrogens with one attached hydrogen (secondary N) is 2. The van der Waals surface area contributed by atoms with Crippen molar-refractivity contribution in [3.8, 4) is 0 Å². The molecule has 0 spiro atoms. The van der Waals surface area contributed by atoms with Gasteiger partial charge in [0.15, 0.2) is 0 Å². The Morgan fingerprint density at radius 1 is 0.917 bits per heavy atom. The third-order valence-corrected chi connectivity index (χ3v) is 6.76. The van der Waals surface area contributed by atoms with Crippen LogP contribution in [0.3, 0.4) is 0 Å². The number of benzene rings is 1. The molecular weight excluding hydrogens is 454 g/mol. The second-order valence-electron chi connectivity index (χ2n) is 9.58. The Bertz CT molecular complexity index is 1250. The highest BCUT2D eigenvalue weighted by Gasteiger charge is 2.19. The lowest BCUT2D eigenvalue weighted by Gasteiger charge is -2.34. The van der Waals surface area contributed by atoms with Crippen molar-refractivity contribution >= 4 is 17.5 Å². The highest BCUT2D eigenvalue weighted by atomic mass is 16.2. The van der Waals surface area contributed by atoms with Gasteiger partial charge in [-0.25, -0.2) is 14.8 Å². The summed E-state index contributed by atoms with van der Waals surface area (Å²) in [7, 11) is 0. The van der Waals surface area contributed by atoms with Crippen molar-refractivity contribution in [3.63, 3.8) is 0 Å². The predicted octanol–water partition coefficient (Wildman–Crippen LogP) is 3.16. The Morgan fingerprint density at radius 3 is 2.28 bits per heavy atom. The van der Waals surface area contributed by atoms with Crippen LogP contribution in [-0.2, 0) is 13.0 Å². The molecule has 0 aliphatic carbocycles. The van der Waals surface area contributed by atoms with Gasteiger partial charge in [-0.1, -0.05) is 13.0 Å². The van der Waals surface area contributed by atoms with E-state index in [-0.39, 0.29) is 11.2 Å². The molecule has 2 aromatic heterocycles. The summed E-state index contributed by atoms with van der Waals surface area (Å²) in [4.78, 5) is 41.8. The Hall–Kier alpha value is -3.46. The van der Waals surface area contributed by atoms with Gasteiger partial charge in [0.2, 0.25) is 5.95 Å². The molecule has 0 bridgehead atoms. The topological polar surface area (TPSA) is 99.2 Å². The van der Waals surface area contributed by atoms with Crippen molar-refractivity contribution in [1.82, 2.24) is 24.4 Å². The Balaban J connectivity index is 1.25. The molecule has 3 aromatic rings. The van der Waals surface area contributed by atoms with Crippen molar-refractivity contribution in [3.05, 3.63) is 73.7 Å². The summed E-state index contributed by atoms with van der Waals surface area (Å²) in [5.74, 6) is 1.23. The third kappa shape index (κ3) is 6.40. The zero-order valence-corrected chi connectivity index (χ0v) is 21.8.